The summed E-state index contributed by atoms with van der Waals surface area (Å²) >= 11 is 0. The second kappa shape index (κ2) is 6.02. The number of nitrogens with zero attached hydrogens (tertiary/aromatic N) is 2. The average Bonchev–Trinajstić information content (AvgIpc) is 2.97. The molecule has 2 aromatic rings. The van der Waals surface area contributed by atoms with Gasteiger partial charge >= 0.3 is 0 Å². The summed E-state index contributed by atoms with van der Waals surface area (Å²) in [6.45, 7) is 2.12. The van der Waals surface area contributed by atoms with E-state index in [-0.39, 0.29) is 6.04 Å². The molecular weight excluding hydrogens is 258 g/mol. The van der Waals surface area contributed by atoms with Gasteiger partial charge in [-0.05, 0) is 17.7 Å². The van der Waals surface area contributed by atoms with Crippen LogP contribution in [0.25, 0.3) is 0 Å². The molecule has 0 amide bonds. The minimum Gasteiger partial charge on any atom is -0.497 e. The number of ether oxygens (including phenoxy) is 2. The smallest absolute Gasteiger partial charge is 0.231 e. The maximum atomic E-state index is 5.39. The van der Waals surface area contributed by atoms with Gasteiger partial charge < -0.3 is 19.3 Å². The molecule has 6 nitrogen and oxygen atoms in total. The van der Waals surface area contributed by atoms with E-state index < -0.39 is 0 Å². The molecule has 1 saturated heterocycles. The van der Waals surface area contributed by atoms with Gasteiger partial charge in [-0.1, -0.05) is 17.3 Å². The Bertz CT molecular complexity index is 564. The molecule has 0 aliphatic carbocycles. The van der Waals surface area contributed by atoms with Crippen LogP contribution in [0.2, 0.25) is 0 Å². The van der Waals surface area contributed by atoms with Crippen LogP contribution in [0.15, 0.2) is 28.8 Å². The summed E-state index contributed by atoms with van der Waals surface area (Å²) in [5.74, 6) is 2.08. The molecule has 1 atom stereocenters. The van der Waals surface area contributed by atoms with Crippen molar-refractivity contribution in [2.24, 2.45) is 0 Å². The summed E-state index contributed by atoms with van der Waals surface area (Å²) in [6, 6.07) is 7.85. The van der Waals surface area contributed by atoms with E-state index in [0.717, 1.165) is 24.5 Å². The van der Waals surface area contributed by atoms with Gasteiger partial charge in [-0.15, -0.1) is 0 Å². The van der Waals surface area contributed by atoms with Gasteiger partial charge in [0.2, 0.25) is 5.89 Å². The second-order valence-electron chi connectivity index (χ2n) is 4.66. The zero-order valence-electron chi connectivity index (χ0n) is 11.3. The number of methoxy groups -OCH3 is 1. The van der Waals surface area contributed by atoms with Gasteiger partial charge in [0.05, 0.1) is 32.8 Å². The van der Waals surface area contributed by atoms with Crippen molar-refractivity contribution in [2.75, 3.05) is 26.9 Å². The Labute approximate surface area is 117 Å². The Kier molecular flexibility index (Phi) is 3.94. The maximum Gasteiger partial charge on any atom is 0.231 e. The lowest BCUT2D eigenvalue weighted by Crippen LogP contribution is -2.35. The van der Waals surface area contributed by atoms with Gasteiger partial charge in [0.1, 0.15) is 5.75 Å². The van der Waals surface area contributed by atoms with Gasteiger partial charge in [0.15, 0.2) is 5.82 Å². The fraction of sp³-hybridized carbons (Fsp3) is 0.429. The lowest BCUT2D eigenvalue weighted by molar-refractivity contribution is 0.0734. The average molecular weight is 275 g/mol. The van der Waals surface area contributed by atoms with Crippen molar-refractivity contribution in [1.82, 2.24) is 15.5 Å². The van der Waals surface area contributed by atoms with Crippen LogP contribution < -0.4 is 10.1 Å². The van der Waals surface area contributed by atoms with Crippen molar-refractivity contribution in [1.29, 1.82) is 0 Å². The first-order valence-electron chi connectivity index (χ1n) is 6.61. The first-order valence-corrected chi connectivity index (χ1v) is 6.61. The van der Waals surface area contributed by atoms with Gasteiger partial charge in [0, 0.05) is 6.54 Å². The molecule has 0 bridgehead atoms. The van der Waals surface area contributed by atoms with Crippen LogP contribution in [-0.4, -0.2) is 37.0 Å². The number of benzene rings is 1. The topological polar surface area (TPSA) is 69.4 Å². The van der Waals surface area contributed by atoms with Crippen LogP contribution in [0.1, 0.15) is 23.3 Å². The number of nitrogens with one attached hydrogen (secondary N) is 1. The number of rotatable bonds is 4. The van der Waals surface area contributed by atoms with Crippen molar-refractivity contribution in [2.45, 2.75) is 12.5 Å². The molecule has 2 heterocycles. The molecule has 1 aromatic heterocycles. The van der Waals surface area contributed by atoms with Crippen LogP contribution in [0.3, 0.4) is 0 Å². The number of morpholine rings is 1. The van der Waals surface area contributed by atoms with E-state index >= 15 is 0 Å². The van der Waals surface area contributed by atoms with Crippen molar-refractivity contribution < 1.29 is 14.0 Å². The molecule has 6 heteroatoms. The molecule has 1 aromatic carbocycles. The molecule has 106 valence electrons. The van der Waals surface area contributed by atoms with E-state index in [4.69, 9.17) is 14.0 Å². The highest BCUT2D eigenvalue weighted by molar-refractivity contribution is 5.29. The molecule has 0 saturated carbocycles. The van der Waals surface area contributed by atoms with E-state index in [0.29, 0.717) is 24.7 Å². The van der Waals surface area contributed by atoms with Crippen LogP contribution >= 0.6 is 0 Å². The van der Waals surface area contributed by atoms with Gasteiger partial charge in [-0.25, -0.2) is 0 Å². The fourth-order valence-corrected chi connectivity index (χ4v) is 2.17. The highest BCUT2D eigenvalue weighted by atomic mass is 16.5. The van der Waals surface area contributed by atoms with E-state index in [1.165, 1.54) is 0 Å². The summed E-state index contributed by atoms with van der Waals surface area (Å²) in [4.78, 5) is 4.42. The third-order valence-corrected chi connectivity index (χ3v) is 3.21. The quantitative estimate of drug-likeness (QED) is 0.907. The fourth-order valence-electron chi connectivity index (χ4n) is 2.17. The molecule has 1 aliphatic heterocycles. The molecule has 1 aliphatic rings. The van der Waals surface area contributed by atoms with Gasteiger partial charge in [-0.3, -0.25) is 0 Å². The highest BCUT2D eigenvalue weighted by Gasteiger charge is 2.20. The summed E-state index contributed by atoms with van der Waals surface area (Å²) in [6.07, 6.45) is 0.595. The molecule has 1 fully saturated rings. The molecule has 1 N–H and O–H groups in total. The predicted molar refractivity (Wildman–Crippen MR) is 71.7 cm³/mol. The van der Waals surface area contributed by atoms with Crippen molar-refractivity contribution in [3.8, 4) is 5.75 Å². The number of aromatic nitrogens is 2. The molecule has 3 rings (SSSR count). The SMILES string of the molecule is COc1cccc(Cc2nc(C3COCCN3)no2)c1. The van der Waals surface area contributed by atoms with Crippen LogP contribution in [0, 0.1) is 0 Å². The molecular formula is C14H17N3O3. The zero-order valence-corrected chi connectivity index (χ0v) is 11.3. The van der Waals surface area contributed by atoms with Crippen molar-refractivity contribution >= 4 is 0 Å². The van der Waals surface area contributed by atoms with E-state index in [1.807, 2.05) is 24.3 Å². The third-order valence-electron chi connectivity index (χ3n) is 3.21. The molecule has 0 spiro atoms. The lowest BCUT2D eigenvalue weighted by Gasteiger charge is -2.20. The number of hydrogen-bond donors (Lipinski definition) is 1. The largest absolute Gasteiger partial charge is 0.497 e. The Morgan fingerprint density at radius 1 is 1.45 bits per heavy atom. The summed E-state index contributed by atoms with van der Waals surface area (Å²) in [5, 5.41) is 7.32. The summed E-state index contributed by atoms with van der Waals surface area (Å²) in [7, 11) is 1.65. The Morgan fingerprint density at radius 3 is 3.20 bits per heavy atom. The number of hydrogen-bond acceptors (Lipinski definition) is 6. The maximum absolute atomic E-state index is 5.39. The zero-order chi connectivity index (χ0) is 13.8. The molecule has 1 unspecified atom stereocenters. The highest BCUT2D eigenvalue weighted by Crippen LogP contribution is 2.17. The lowest BCUT2D eigenvalue weighted by atomic mass is 10.1. The first kappa shape index (κ1) is 13.1. The van der Waals surface area contributed by atoms with Gasteiger partial charge in [-0.2, -0.15) is 4.98 Å². The van der Waals surface area contributed by atoms with Gasteiger partial charge in [0.25, 0.3) is 0 Å². The molecule has 0 radical (unpaired) electrons. The normalized spacial score (nSPS) is 18.9. The minimum atomic E-state index is 0.0200. The van der Waals surface area contributed by atoms with E-state index in [2.05, 4.69) is 15.5 Å². The third kappa shape index (κ3) is 2.97. The van der Waals surface area contributed by atoms with Crippen LogP contribution in [0.5, 0.6) is 5.75 Å². The van der Waals surface area contributed by atoms with E-state index in [1.54, 1.807) is 7.11 Å². The second-order valence-corrected chi connectivity index (χ2v) is 4.66. The standard InChI is InChI=1S/C14H17N3O3/c1-18-11-4-2-3-10(7-11)8-13-16-14(17-20-13)12-9-19-6-5-15-12/h2-4,7,12,15H,5-6,8-9H2,1H3. The summed E-state index contributed by atoms with van der Waals surface area (Å²) < 4.78 is 15.9. The predicted octanol–water partition coefficient (Wildman–Crippen LogP) is 1.33. The Hall–Kier alpha value is -1.92. The van der Waals surface area contributed by atoms with Crippen molar-refractivity contribution in [3.05, 3.63) is 41.5 Å². The van der Waals surface area contributed by atoms with E-state index in [9.17, 15) is 0 Å². The van der Waals surface area contributed by atoms with Crippen molar-refractivity contribution in [3.63, 3.8) is 0 Å². The summed E-state index contributed by atoms with van der Waals surface area (Å²) in [5.41, 5.74) is 1.08. The van der Waals surface area contributed by atoms with Crippen LogP contribution in [0.4, 0.5) is 0 Å². The minimum absolute atomic E-state index is 0.0200. The molecule has 20 heavy (non-hydrogen) atoms. The van der Waals surface area contributed by atoms with Crippen LogP contribution in [-0.2, 0) is 11.2 Å². The Morgan fingerprint density at radius 2 is 2.40 bits per heavy atom. The monoisotopic (exact) mass is 275 g/mol. The Balaban J connectivity index is 1.70. The first-order chi connectivity index (χ1) is 9.85.